The van der Waals surface area contributed by atoms with E-state index < -0.39 is 16.1 Å². The van der Waals surface area contributed by atoms with Crippen LogP contribution in [0.4, 0.5) is 5.69 Å². The molecule has 0 aliphatic carbocycles. The minimum absolute atomic E-state index is 0.0345. The van der Waals surface area contributed by atoms with Crippen LogP contribution in [-0.4, -0.2) is 50.5 Å². The van der Waals surface area contributed by atoms with Gasteiger partial charge in [0.2, 0.25) is 21.8 Å². The lowest BCUT2D eigenvalue weighted by molar-refractivity contribution is -0.141. The Morgan fingerprint density at radius 1 is 0.927 bits per heavy atom. The molecule has 2 amide bonds. The molecule has 0 unspecified atom stereocenters. The molecule has 41 heavy (non-hydrogen) atoms. The number of anilines is 1. The highest BCUT2D eigenvalue weighted by atomic mass is 35.5. The molecule has 3 aromatic rings. The molecule has 1 atom stereocenters. The van der Waals surface area contributed by atoms with Crippen molar-refractivity contribution in [2.24, 2.45) is 5.92 Å². The first kappa shape index (κ1) is 32.4. The number of halogens is 2. The predicted octanol–water partition coefficient (Wildman–Crippen LogP) is 5.95. The second kappa shape index (κ2) is 15.2. The van der Waals surface area contributed by atoms with Gasteiger partial charge in [0.05, 0.1) is 11.9 Å². The van der Waals surface area contributed by atoms with Gasteiger partial charge in [0.1, 0.15) is 6.04 Å². The van der Waals surface area contributed by atoms with Crippen LogP contribution in [0.15, 0.2) is 78.9 Å². The summed E-state index contributed by atoms with van der Waals surface area (Å²) in [5.41, 5.74) is 2.09. The van der Waals surface area contributed by atoms with Crippen molar-refractivity contribution in [1.29, 1.82) is 0 Å². The first-order valence-corrected chi connectivity index (χ1v) is 16.1. The lowest BCUT2D eigenvalue weighted by Gasteiger charge is -2.32. The zero-order valence-corrected chi connectivity index (χ0v) is 25.9. The van der Waals surface area contributed by atoms with Gasteiger partial charge in [-0.3, -0.25) is 13.9 Å². The number of para-hydroxylation sites is 1. The summed E-state index contributed by atoms with van der Waals surface area (Å²) in [7, 11) is -3.57. The average molecular weight is 619 g/mol. The Morgan fingerprint density at radius 2 is 1.56 bits per heavy atom. The van der Waals surface area contributed by atoms with Gasteiger partial charge >= 0.3 is 0 Å². The lowest BCUT2D eigenvalue weighted by atomic mass is 10.0. The standard InChI is InChI=1S/C31H37Cl2N3O4S/c1-23(2)21-34-31(38)29(19-24-11-6-4-7-12-24)35(22-25-16-17-26(32)20-28(25)33)30(37)15-10-18-36(41(3,39)40)27-13-8-5-9-14-27/h4-9,11-14,16-17,20,23,29H,10,15,18-19,21-22H2,1-3H3,(H,34,38)/t29-/m0/s1. The number of rotatable bonds is 14. The van der Waals surface area contributed by atoms with E-state index in [1.165, 1.54) is 4.31 Å². The molecule has 3 aromatic carbocycles. The Bertz CT molecular complexity index is 1400. The third-order valence-corrected chi connectivity index (χ3v) is 8.29. The van der Waals surface area contributed by atoms with Gasteiger partial charge < -0.3 is 10.2 Å². The number of carbonyl (C=O) groups excluding carboxylic acids is 2. The summed E-state index contributed by atoms with van der Waals surface area (Å²) in [6.07, 6.45) is 1.75. The van der Waals surface area contributed by atoms with Gasteiger partial charge in [-0.05, 0) is 47.7 Å². The monoisotopic (exact) mass is 617 g/mol. The SMILES string of the molecule is CC(C)CNC(=O)[C@H](Cc1ccccc1)N(Cc1ccc(Cl)cc1Cl)C(=O)CCCN(c1ccccc1)S(C)(=O)=O. The molecule has 10 heteroatoms. The van der Waals surface area contributed by atoms with Crippen LogP contribution in [0.1, 0.15) is 37.8 Å². The van der Waals surface area contributed by atoms with Crippen molar-refractivity contribution in [2.45, 2.75) is 45.7 Å². The van der Waals surface area contributed by atoms with E-state index in [4.69, 9.17) is 23.2 Å². The highest BCUT2D eigenvalue weighted by molar-refractivity contribution is 7.92. The molecule has 0 bridgehead atoms. The van der Waals surface area contributed by atoms with Gasteiger partial charge in [0.15, 0.2) is 0 Å². The molecular formula is C31H37Cl2N3O4S. The number of sulfonamides is 1. The van der Waals surface area contributed by atoms with Gasteiger partial charge in [-0.15, -0.1) is 0 Å². The van der Waals surface area contributed by atoms with Gasteiger partial charge in [-0.25, -0.2) is 8.42 Å². The molecule has 0 aromatic heterocycles. The molecule has 3 rings (SSSR count). The molecule has 0 heterocycles. The zero-order valence-electron chi connectivity index (χ0n) is 23.6. The molecule has 1 N–H and O–H groups in total. The minimum Gasteiger partial charge on any atom is -0.354 e. The molecule has 0 aliphatic heterocycles. The number of amides is 2. The highest BCUT2D eigenvalue weighted by Gasteiger charge is 2.31. The van der Waals surface area contributed by atoms with E-state index >= 15 is 0 Å². The Labute approximate surface area is 253 Å². The first-order chi connectivity index (χ1) is 19.5. The van der Waals surface area contributed by atoms with Crippen LogP contribution >= 0.6 is 23.2 Å². The van der Waals surface area contributed by atoms with Gasteiger partial charge in [-0.2, -0.15) is 0 Å². The van der Waals surface area contributed by atoms with Crippen molar-refractivity contribution >= 4 is 50.7 Å². The smallest absolute Gasteiger partial charge is 0.243 e. The topological polar surface area (TPSA) is 86.8 Å². The summed E-state index contributed by atoms with van der Waals surface area (Å²) in [6, 6.07) is 22.5. The highest BCUT2D eigenvalue weighted by Crippen LogP contribution is 2.25. The number of nitrogens with one attached hydrogen (secondary N) is 1. The summed E-state index contributed by atoms with van der Waals surface area (Å²) in [5.74, 6) is -0.313. The predicted molar refractivity (Wildman–Crippen MR) is 167 cm³/mol. The summed E-state index contributed by atoms with van der Waals surface area (Å²) in [4.78, 5) is 29.0. The fourth-order valence-electron chi connectivity index (χ4n) is 4.41. The fourth-order valence-corrected chi connectivity index (χ4v) is 5.84. The van der Waals surface area contributed by atoms with Crippen LogP contribution in [0, 0.1) is 5.92 Å². The average Bonchev–Trinajstić information content (AvgIpc) is 2.93. The van der Waals surface area contributed by atoms with Crippen LogP contribution in [-0.2, 0) is 32.6 Å². The second-order valence-corrected chi connectivity index (χ2v) is 13.1. The van der Waals surface area contributed by atoms with Gasteiger partial charge in [-0.1, -0.05) is 91.6 Å². The Balaban J connectivity index is 1.90. The molecule has 7 nitrogen and oxygen atoms in total. The molecule has 220 valence electrons. The van der Waals surface area contributed by atoms with Crippen molar-refractivity contribution in [2.75, 3.05) is 23.7 Å². The second-order valence-electron chi connectivity index (χ2n) is 10.4. The maximum Gasteiger partial charge on any atom is 0.243 e. The summed E-state index contributed by atoms with van der Waals surface area (Å²) in [6.45, 7) is 4.68. The Morgan fingerprint density at radius 3 is 2.15 bits per heavy atom. The molecule has 0 spiro atoms. The van der Waals surface area contributed by atoms with Gasteiger partial charge in [0.25, 0.3) is 0 Å². The maximum atomic E-state index is 13.9. The van der Waals surface area contributed by atoms with Crippen molar-refractivity contribution in [3.63, 3.8) is 0 Å². The maximum absolute atomic E-state index is 13.9. The van der Waals surface area contributed by atoms with Crippen LogP contribution < -0.4 is 9.62 Å². The van der Waals surface area contributed by atoms with Gasteiger partial charge in [0, 0.05) is 42.5 Å². The molecule has 0 saturated carbocycles. The lowest BCUT2D eigenvalue weighted by Crippen LogP contribution is -2.51. The van der Waals surface area contributed by atoms with Crippen LogP contribution in [0.2, 0.25) is 10.0 Å². The first-order valence-electron chi connectivity index (χ1n) is 13.5. The van der Waals surface area contributed by atoms with Crippen LogP contribution in [0.5, 0.6) is 0 Å². The minimum atomic E-state index is -3.57. The summed E-state index contributed by atoms with van der Waals surface area (Å²) < 4.78 is 26.3. The summed E-state index contributed by atoms with van der Waals surface area (Å²) >= 11 is 12.6. The number of hydrogen-bond donors (Lipinski definition) is 1. The molecule has 0 radical (unpaired) electrons. The van der Waals surface area contributed by atoms with Crippen molar-refractivity contribution in [1.82, 2.24) is 10.2 Å². The Hall–Kier alpha value is -3.07. The fraction of sp³-hybridized carbons (Fsp3) is 0.355. The third kappa shape index (κ3) is 10.1. The van der Waals surface area contributed by atoms with E-state index in [0.29, 0.717) is 34.3 Å². The van der Waals surface area contributed by atoms with E-state index in [-0.39, 0.29) is 43.7 Å². The molecular weight excluding hydrogens is 581 g/mol. The van der Waals surface area contributed by atoms with E-state index in [1.807, 2.05) is 50.2 Å². The van der Waals surface area contributed by atoms with E-state index in [2.05, 4.69) is 5.32 Å². The van der Waals surface area contributed by atoms with Crippen molar-refractivity contribution in [3.05, 3.63) is 100 Å². The van der Waals surface area contributed by atoms with Crippen molar-refractivity contribution in [3.8, 4) is 0 Å². The summed E-state index contributed by atoms with van der Waals surface area (Å²) in [5, 5.41) is 3.85. The van der Waals surface area contributed by atoms with Crippen LogP contribution in [0.3, 0.4) is 0 Å². The number of hydrogen-bond acceptors (Lipinski definition) is 4. The third-order valence-electron chi connectivity index (χ3n) is 6.51. The number of nitrogens with zero attached hydrogens (tertiary/aromatic N) is 2. The zero-order chi connectivity index (χ0) is 30.0. The van der Waals surface area contributed by atoms with E-state index in [9.17, 15) is 18.0 Å². The largest absolute Gasteiger partial charge is 0.354 e. The Kier molecular flexibility index (Phi) is 12.1. The quantitative estimate of drug-likeness (QED) is 0.242. The molecule has 0 saturated heterocycles. The van der Waals surface area contributed by atoms with Crippen molar-refractivity contribution < 1.29 is 18.0 Å². The number of benzene rings is 3. The number of carbonyl (C=O) groups is 2. The van der Waals surface area contributed by atoms with Crippen LogP contribution in [0.25, 0.3) is 0 Å². The van der Waals surface area contributed by atoms with E-state index in [0.717, 1.165) is 11.8 Å². The van der Waals surface area contributed by atoms with E-state index in [1.54, 1.807) is 47.4 Å². The molecule has 0 aliphatic rings. The molecule has 0 fully saturated rings. The normalized spacial score (nSPS) is 12.1.